The second kappa shape index (κ2) is 9.09. The zero-order valence-electron chi connectivity index (χ0n) is 16.1. The molecule has 0 bridgehead atoms. The van der Waals surface area contributed by atoms with Crippen LogP contribution in [0.2, 0.25) is 0 Å². The highest BCUT2D eigenvalue weighted by atomic mass is 32.2. The van der Waals surface area contributed by atoms with Gasteiger partial charge in [-0.2, -0.15) is 0 Å². The highest BCUT2D eigenvalue weighted by Gasteiger charge is 2.19. The van der Waals surface area contributed by atoms with Gasteiger partial charge in [-0.15, -0.1) is 11.8 Å². The molecule has 3 N–H and O–H groups in total. The summed E-state index contributed by atoms with van der Waals surface area (Å²) in [5.74, 6) is -0.916. The molecule has 1 unspecified atom stereocenters. The quantitative estimate of drug-likeness (QED) is 0.409. The number of carbonyl (C=O) groups is 2. The molecule has 0 saturated carbocycles. The van der Waals surface area contributed by atoms with Gasteiger partial charge >= 0.3 is 0 Å². The number of carbonyl (C=O) groups excluding carboxylic acids is 2. The van der Waals surface area contributed by atoms with Crippen LogP contribution in [0.25, 0.3) is 0 Å². The van der Waals surface area contributed by atoms with Gasteiger partial charge in [0.05, 0.1) is 21.6 Å². The molecule has 152 valence electrons. The summed E-state index contributed by atoms with van der Waals surface area (Å²) in [7, 11) is 0. The Labute approximate surface area is 173 Å². The number of nitrogens with two attached hydrogens (primary N) is 1. The lowest BCUT2D eigenvalue weighted by molar-refractivity contribution is -0.387. The minimum atomic E-state index is -0.735. The smallest absolute Gasteiger partial charge is 0.283 e. The van der Waals surface area contributed by atoms with Crippen molar-refractivity contribution in [2.45, 2.75) is 43.5 Å². The van der Waals surface area contributed by atoms with Gasteiger partial charge in [0.1, 0.15) is 0 Å². The molecule has 1 atom stereocenters. The number of benzene rings is 2. The molecule has 1 aliphatic carbocycles. The van der Waals surface area contributed by atoms with E-state index >= 15 is 0 Å². The molecule has 2 aromatic carbocycles. The maximum atomic E-state index is 12.4. The molecule has 3 rings (SSSR count). The molecular formula is C21H23N3O4S. The number of primary amides is 1. The van der Waals surface area contributed by atoms with E-state index in [0.29, 0.717) is 4.90 Å². The predicted octanol–water partition coefficient (Wildman–Crippen LogP) is 3.54. The number of amides is 2. The third-order valence-corrected chi connectivity index (χ3v) is 6.11. The number of nitrogens with zero attached hydrogens (tertiary/aromatic N) is 1. The summed E-state index contributed by atoms with van der Waals surface area (Å²) < 4.78 is 0. The van der Waals surface area contributed by atoms with E-state index in [2.05, 4.69) is 23.5 Å². The fraction of sp³-hybridized carbons (Fsp3) is 0.333. The van der Waals surface area contributed by atoms with Crippen LogP contribution in [0.15, 0.2) is 41.3 Å². The largest absolute Gasteiger partial charge is 0.366 e. The van der Waals surface area contributed by atoms with E-state index in [1.807, 2.05) is 6.92 Å². The monoisotopic (exact) mass is 413 g/mol. The van der Waals surface area contributed by atoms with Gasteiger partial charge < -0.3 is 11.1 Å². The van der Waals surface area contributed by atoms with Gasteiger partial charge in [0.2, 0.25) is 11.8 Å². The average molecular weight is 413 g/mol. The molecule has 2 amide bonds. The van der Waals surface area contributed by atoms with Gasteiger partial charge in [-0.05, 0) is 61.4 Å². The zero-order chi connectivity index (χ0) is 21.0. The van der Waals surface area contributed by atoms with E-state index in [1.165, 1.54) is 36.1 Å². The highest BCUT2D eigenvalue weighted by molar-refractivity contribution is 8.00. The Morgan fingerprint density at radius 3 is 2.59 bits per heavy atom. The van der Waals surface area contributed by atoms with E-state index in [4.69, 9.17) is 5.73 Å². The summed E-state index contributed by atoms with van der Waals surface area (Å²) in [4.78, 5) is 34.6. The summed E-state index contributed by atoms with van der Waals surface area (Å²) in [6.45, 7) is 1.93. The molecule has 0 fully saturated rings. The van der Waals surface area contributed by atoms with Gasteiger partial charge in [-0.1, -0.05) is 18.2 Å². The molecule has 8 heteroatoms. The third kappa shape index (κ3) is 5.14. The standard InChI is InChI=1S/C21H23N3O4S/c1-13(15-7-6-14-4-2-3-5-16(14)10-15)23-20(25)12-29-19-9-8-17(21(22)26)11-18(19)24(27)28/h6-11,13H,2-5,12H2,1H3,(H2,22,26)(H,23,25). The number of nitro benzene ring substituents is 1. The Balaban J connectivity index is 1.62. The zero-order valence-corrected chi connectivity index (χ0v) is 17.0. The number of nitro groups is 1. The minimum absolute atomic E-state index is 0.0338. The molecule has 29 heavy (non-hydrogen) atoms. The van der Waals surface area contributed by atoms with Gasteiger partial charge in [0, 0.05) is 11.6 Å². The Bertz CT molecular complexity index is 961. The second-order valence-corrected chi connectivity index (χ2v) is 8.13. The predicted molar refractivity (Wildman–Crippen MR) is 112 cm³/mol. The van der Waals surface area contributed by atoms with Crippen LogP contribution in [0.1, 0.15) is 52.9 Å². The third-order valence-electron chi connectivity index (χ3n) is 5.05. The first-order chi connectivity index (χ1) is 13.8. The van der Waals surface area contributed by atoms with E-state index in [-0.39, 0.29) is 29.0 Å². The summed E-state index contributed by atoms with van der Waals surface area (Å²) in [6, 6.07) is 10.2. The SMILES string of the molecule is CC(NC(=O)CSc1ccc(C(N)=O)cc1[N+](=O)[O-])c1ccc2c(c1)CCCC2. The van der Waals surface area contributed by atoms with Crippen molar-refractivity contribution in [1.82, 2.24) is 5.32 Å². The van der Waals surface area contributed by atoms with Crippen molar-refractivity contribution >= 4 is 29.3 Å². The topological polar surface area (TPSA) is 115 Å². The summed E-state index contributed by atoms with van der Waals surface area (Å²) in [6.07, 6.45) is 4.61. The number of nitrogens with one attached hydrogen (secondary N) is 1. The van der Waals surface area contributed by atoms with Gasteiger partial charge in [-0.25, -0.2) is 0 Å². The number of thioether (sulfide) groups is 1. The van der Waals surface area contributed by atoms with Gasteiger partial charge in [0.25, 0.3) is 5.69 Å². The average Bonchev–Trinajstić information content (AvgIpc) is 2.71. The number of hydrogen-bond acceptors (Lipinski definition) is 5. The summed E-state index contributed by atoms with van der Waals surface area (Å²) in [5.41, 5.74) is 8.80. The lowest BCUT2D eigenvalue weighted by Gasteiger charge is -2.20. The molecule has 7 nitrogen and oxygen atoms in total. The van der Waals surface area contributed by atoms with E-state index in [9.17, 15) is 19.7 Å². The first-order valence-electron chi connectivity index (χ1n) is 9.47. The molecule has 2 aromatic rings. The van der Waals surface area contributed by atoms with E-state index < -0.39 is 10.8 Å². The van der Waals surface area contributed by atoms with Crippen LogP contribution in [0.4, 0.5) is 5.69 Å². The molecule has 0 radical (unpaired) electrons. The van der Waals surface area contributed by atoms with Crippen molar-refractivity contribution in [1.29, 1.82) is 0 Å². The molecular weight excluding hydrogens is 390 g/mol. The second-order valence-electron chi connectivity index (χ2n) is 7.12. The number of aryl methyl sites for hydroxylation is 2. The van der Waals surface area contributed by atoms with Gasteiger partial charge in [0.15, 0.2) is 0 Å². The number of fused-ring (bicyclic) bond motifs is 1. The first-order valence-corrected chi connectivity index (χ1v) is 10.5. The van der Waals surface area contributed by atoms with Crippen LogP contribution in [0, 0.1) is 10.1 Å². The normalized spacial score (nSPS) is 14.0. The molecule has 0 aromatic heterocycles. The fourth-order valence-corrected chi connectivity index (χ4v) is 4.28. The van der Waals surface area contributed by atoms with Crippen molar-refractivity contribution in [3.63, 3.8) is 0 Å². The van der Waals surface area contributed by atoms with Crippen molar-refractivity contribution in [3.8, 4) is 0 Å². The Morgan fingerprint density at radius 1 is 1.17 bits per heavy atom. The van der Waals surface area contributed by atoms with Crippen LogP contribution in [-0.4, -0.2) is 22.5 Å². The molecule has 0 saturated heterocycles. The Morgan fingerprint density at radius 2 is 1.90 bits per heavy atom. The summed E-state index contributed by atoms with van der Waals surface area (Å²) >= 11 is 1.06. The molecule has 0 aliphatic heterocycles. The minimum Gasteiger partial charge on any atom is -0.366 e. The van der Waals surface area contributed by atoms with Crippen LogP contribution in [0.5, 0.6) is 0 Å². The van der Waals surface area contributed by atoms with Gasteiger partial charge in [-0.3, -0.25) is 19.7 Å². The maximum absolute atomic E-state index is 12.4. The van der Waals surface area contributed by atoms with E-state index in [1.54, 1.807) is 0 Å². The lowest BCUT2D eigenvalue weighted by Crippen LogP contribution is -2.28. The Hall–Kier alpha value is -2.87. The van der Waals surface area contributed by atoms with Crippen LogP contribution in [0.3, 0.4) is 0 Å². The number of rotatable bonds is 7. The van der Waals surface area contributed by atoms with Crippen molar-refractivity contribution < 1.29 is 14.5 Å². The molecule has 0 heterocycles. The van der Waals surface area contributed by atoms with Crippen LogP contribution >= 0.6 is 11.8 Å². The van der Waals surface area contributed by atoms with Crippen molar-refractivity contribution in [3.05, 3.63) is 68.8 Å². The highest BCUT2D eigenvalue weighted by Crippen LogP contribution is 2.30. The van der Waals surface area contributed by atoms with E-state index in [0.717, 1.165) is 36.2 Å². The van der Waals surface area contributed by atoms with Crippen LogP contribution < -0.4 is 11.1 Å². The lowest BCUT2D eigenvalue weighted by atomic mass is 9.89. The maximum Gasteiger partial charge on any atom is 0.283 e. The van der Waals surface area contributed by atoms with Crippen LogP contribution in [-0.2, 0) is 17.6 Å². The van der Waals surface area contributed by atoms with Crippen molar-refractivity contribution in [2.24, 2.45) is 5.73 Å². The van der Waals surface area contributed by atoms with Crippen molar-refractivity contribution in [2.75, 3.05) is 5.75 Å². The number of hydrogen-bond donors (Lipinski definition) is 2. The molecule has 1 aliphatic rings. The summed E-state index contributed by atoms with van der Waals surface area (Å²) in [5, 5.41) is 14.2. The molecule has 0 spiro atoms. The Kier molecular flexibility index (Phi) is 6.53. The first kappa shape index (κ1) is 20.9. The fourth-order valence-electron chi connectivity index (χ4n) is 3.47.